The Labute approximate surface area is 426 Å². The van der Waals surface area contributed by atoms with Crippen LogP contribution in [0.5, 0.6) is 0 Å². The van der Waals surface area contributed by atoms with Gasteiger partial charge in [-0.25, -0.2) is 0 Å². The second kappa shape index (κ2) is 57.2. The number of rotatable bonds is 52. The van der Waals surface area contributed by atoms with Gasteiger partial charge in [-0.1, -0.05) is 254 Å². The van der Waals surface area contributed by atoms with Crippen molar-refractivity contribution in [1.29, 1.82) is 0 Å². The fraction of sp³-hybridized carbons (Fsp3) is 0.730. The van der Waals surface area contributed by atoms with Crippen molar-refractivity contribution in [3.05, 3.63) is 85.1 Å². The first-order chi connectivity index (χ1) is 34.0. The molecule has 0 saturated heterocycles. The number of esters is 3. The molecule has 396 valence electrons. The SMILES string of the molecule is CC/C=C\C/C=C\C/C=C\C/C=C\CCCCCCCCC(=O)OCC(COC(=O)CCCCCCCCCCCCCCC)OC(=O)CCCCCCCCCCC/C=C\C/C=C\C/C=C\CC. The Morgan fingerprint density at radius 3 is 0.884 bits per heavy atom. The minimum Gasteiger partial charge on any atom is -0.462 e. The summed E-state index contributed by atoms with van der Waals surface area (Å²) in [7, 11) is 0. The van der Waals surface area contributed by atoms with Crippen LogP contribution in [-0.4, -0.2) is 37.2 Å². The molecule has 0 rings (SSSR count). The Morgan fingerprint density at radius 1 is 0.304 bits per heavy atom. The van der Waals surface area contributed by atoms with Crippen LogP contribution in [-0.2, 0) is 28.6 Å². The van der Waals surface area contributed by atoms with Gasteiger partial charge < -0.3 is 14.2 Å². The largest absolute Gasteiger partial charge is 0.462 e. The van der Waals surface area contributed by atoms with E-state index in [1.807, 2.05) is 0 Å². The average Bonchev–Trinajstić information content (AvgIpc) is 3.35. The maximum Gasteiger partial charge on any atom is 0.306 e. The van der Waals surface area contributed by atoms with Crippen LogP contribution in [0.25, 0.3) is 0 Å². The quantitative estimate of drug-likeness (QED) is 0.0262. The summed E-state index contributed by atoms with van der Waals surface area (Å²) in [6, 6.07) is 0. The summed E-state index contributed by atoms with van der Waals surface area (Å²) < 4.78 is 16.9. The Hall–Kier alpha value is -3.41. The Kier molecular flexibility index (Phi) is 54.3. The predicted molar refractivity (Wildman–Crippen MR) is 297 cm³/mol. The third kappa shape index (κ3) is 55.4. The molecule has 0 aliphatic heterocycles. The summed E-state index contributed by atoms with van der Waals surface area (Å²) in [5, 5.41) is 0. The number of hydrogen-bond acceptors (Lipinski definition) is 6. The molecule has 0 fully saturated rings. The lowest BCUT2D eigenvalue weighted by Crippen LogP contribution is -2.30. The zero-order chi connectivity index (χ0) is 50.0. The van der Waals surface area contributed by atoms with Crippen LogP contribution in [0.3, 0.4) is 0 Å². The van der Waals surface area contributed by atoms with E-state index in [9.17, 15) is 14.4 Å². The van der Waals surface area contributed by atoms with E-state index in [0.29, 0.717) is 19.3 Å². The summed E-state index contributed by atoms with van der Waals surface area (Å²) in [5.41, 5.74) is 0. The number of carbonyl (C=O) groups excluding carboxylic acids is 3. The lowest BCUT2D eigenvalue weighted by molar-refractivity contribution is -0.167. The van der Waals surface area contributed by atoms with Gasteiger partial charge in [-0.15, -0.1) is 0 Å². The van der Waals surface area contributed by atoms with Crippen LogP contribution < -0.4 is 0 Å². The van der Waals surface area contributed by atoms with E-state index in [1.54, 1.807) is 0 Å². The molecule has 69 heavy (non-hydrogen) atoms. The van der Waals surface area contributed by atoms with E-state index < -0.39 is 6.10 Å². The van der Waals surface area contributed by atoms with Gasteiger partial charge in [-0.2, -0.15) is 0 Å². The molecule has 0 radical (unpaired) electrons. The molecule has 0 aliphatic carbocycles. The van der Waals surface area contributed by atoms with E-state index in [0.717, 1.165) is 109 Å². The molecule has 0 bridgehead atoms. The molecule has 0 aromatic carbocycles. The second-order valence-electron chi connectivity index (χ2n) is 19.1. The molecule has 0 N–H and O–H groups in total. The van der Waals surface area contributed by atoms with Gasteiger partial charge in [0.25, 0.3) is 0 Å². The van der Waals surface area contributed by atoms with Gasteiger partial charge in [0.15, 0.2) is 6.10 Å². The monoisotopic (exact) mass is 961 g/mol. The van der Waals surface area contributed by atoms with Gasteiger partial charge in [0.2, 0.25) is 0 Å². The van der Waals surface area contributed by atoms with Gasteiger partial charge in [-0.05, 0) is 89.9 Å². The van der Waals surface area contributed by atoms with Crippen molar-refractivity contribution < 1.29 is 28.6 Å². The molecule has 6 nitrogen and oxygen atoms in total. The van der Waals surface area contributed by atoms with E-state index in [-0.39, 0.29) is 31.1 Å². The number of allylic oxidation sites excluding steroid dienone is 14. The molecule has 1 atom stereocenters. The van der Waals surface area contributed by atoms with Crippen molar-refractivity contribution in [2.45, 2.75) is 284 Å². The Morgan fingerprint density at radius 2 is 0.565 bits per heavy atom. The van der Waals surface area contributed by atoms with E-state index in [4.69, 9.17) is 14.2 Å². The number of hydrogen-bond donors (Lipinski definition) is 0. The number of ether oxygens (including phenoxy) is 3. The molecule has 0 saturated carbocycles. The van der Waals surface area contributed by atoms with E-state index in [1.165, 1.54) is 128 Å². The maximum absolute atomic E-state index is 12.9. The van der Waals surface area contributed by atoms with Crippen molar-refractivity contribution in [1.82, 2.24) is 0 Å². The van der Waals surface area contributed by atoms with Gasteiger partial charge in [0.05, 0.1) is 0 Å². The zero-order valence-electron chi connectivity index (χ0n) is 45.3. The highest BCUT2D eigenvalue weighted by atomic mass is 16.6. The third-order valence-electron chi connectivity index (χ3n) is 12.4. The fourth-order valence-electron chi connectivity index (χ4n) is 8.10. The summed E-state index contributed by atoms with van der Waals surface area (Å²) in [6.07, 6.45) is 74.2. The summed E-state index contributed by atoms with van der Waals surface area (Å²) in [6.45, 7) is 6.42. The predicted octanol–water partition coefficient (Wildman–Crippen LogP) is 19.5. The van der Waals surface area contributed by atoms with Crippen molar-refractivity contribution in [3.63, 3.8) is 0 Å². The third-order valence-corrected chi connectivity index (χ3v) is 12.4. The van der Waals surface area contributed by atoms with Crippen LogP contribution in [0.1, 0.15) is 278 Å². The molecule has 0 aromatic heterocycles. The lowest BCUT2D eigenvalue weighted by atomic mass is 10.0. The summed E-state index contributed by atoms with van der Waals surface area (Å²) >= 11 is 0. The van der Waals surface area contributed by atoms with E-state index in [2.05, 4.69) is 106 Å². The van der Waals surface area contributed by atoms with Crippen molar-refractivity contribution in [2.24, 2.45) is 0 Å². The fourth-order valence-corrected chi connectivity index (χ4v) is 8.10. The normalized spacial score (nSPS) is 12.7. The molecule has 0 aromatic rings. The molecule has 0 amide bonds. The molecule has 0 heterocycles. The Bertz CT molecular complexity index is 1330. The first-order valence-corrected chi connectivity index (χ1v) is 29.1. The van der Waals surface area contributed by atoms with Crippen LogP contribution in [0.2, 0.25) is 0 Å². The van der Waals surface area contributed by atoms with Crippen LogP contribution in [0, 0.1) is 0 Å². The van der Waals surface area contributed by atoms with Crippen LogP contribution >= 0.6 is 0 Å². The van der Waals surface area contributed by atoms with Crippen molar-refractivity contribution in [3.8, 4) is 0 Å². The first kappa shape index (κ1) is 65.6. The summed E-state index contributed by atoms with van der Waals surface area (Å²) in [4.78, 5) is 38.2. The first-order valence-electron chi connectivity index (χ1n) is 29.1. The molecule has 1 unspecified atom stereocenters. The zero-order valence-corrected chi connectivity index (χ0v) is 45.3. The second-order valence-corrected chi connectivity index (χ2v) is 19.1. The van der Waals surface area contributed by atoms with Crippen LogP contribution in [0.4, 0.5) is 0 Å². The van der Waals surface area contributed by atoms with Crippen molar-refractivity contribution in [2.75, 3.05) is 13.2 Å². The lowest BCUT2D eigenvalue weighted by Gasteiger charge is -2.18. The van der Waals surface area contributed by atoms with Gasteiger partial charge in [0, 0.05) is 19.3 Å². The smallest absolute Gasteiger partial charge is 0.306 e. The number of carbonyl (C=O) groups is 3. The van der Waals surface area contributed by atoms with Crippen LogP contribution in [0.15, 0.2) is 85.1 Å². The topological polar surface area (TPSA) is 78.9 Å². The number of unbranched alkanes of at least 4 members (excludes halogenated alkanes) is 27. The van der Waals surface area contributed by atoms with Gasteiger partial charge in [0.1, 0.15) is 13.2 Å². The average molecular weight is 962 g/mol. The molecular formula is C63H108O6. The van der Waals surface area contributed by atoms with Gasteiger partial charge in [-0.3, -0.25) is 14.4 Å². The highest BCUT2D eigenvalue weighted by Crippen LogP contribution is 2.16. The molecule has 0 spiro atoms. The Balaban J connectivity index is 4.39. The maximum atomic E-state index is 12.9. The highest BCUT2D eigenvalue weighted by molar-refractivity contribution is 5.71. The standard InChI is InChI=1S/C63H108O6/c1-4-7-10-13-16-19-22-25-27-29-31-33-35-38-41-44-47-50-53-56-62(65)68-59-60(58-67-61(64)55-52-49-46-43-40-37-24-21-18-15-12-9-6-3)69-63(66)57-54-51-48-45-42-39-36-34-32-30-28-26-23-20-17-14-11-8-5-2/h7-8,10-11,16-17,19-20,25-28,31,33,60H,4-6,9,12-15,18,21-24,29-30,32,34-59H2,1-3H3/b10-7-,11-8-,19-16-,20-17-,27-25-,28-26-,33-31-. The highest BCUT2D eigenvalue weighted by Gasteiger charge is 2.19. The summed E-state index contributed by atoms with van der Waals surface area (Å²) in [5.74, 6) is -0.893. The molecule has 0 aliphatic rings. The van der Waals surface area contributed by atoms with Gasteiger partial charge >= 0.3 is 17.9 Å². The van der Waals surface area contributed by atoms with E-state index >= 15 is 0 Å². The van der Waals surface area contributed by atoms with Crippen molar-refractivity contribution >= 4 is 17.9 Å². The minimum atomic E-state index is -0.785. The molecular weight excluding hydrogens is 853 g/mol. The minimum absolute atomic E-state index is 0.0813. The molecule has 6 heteroatoms.